The van der Waals surface area contributed by atoms with Crippen LogP contribution in [0.25, 0.3) is 0 Å². The molecule has 11 heavy (non-hydrogen) atoms. The summed E-state index contributed by atoms with van der Waals surface area (Å²) >= 11 is 7.04. The molecular formula is C8H8Br2O. The van der Waals surface area contributed by atoms with Crippen molar-refractivity contribution < 1.29 is 4.74 Å². The Hall–Kier alpha value is 0.400. The van der Waals surface area contributed by atoms with Crippen molar-refractivity contribution in [1.82, 2.24) is 0 Å². The highest BCUT2D eigenvalue weighted by Gasteiger charge is 2.29. The van der Waals surface area contributed by atoms with Crippen molar-refractivity contribution in [2.75, 3.05) is 0 Å². The third-order valence-electron chi connectivity index (χ3n) is 1.91. The van der Waals surface area contributed by atoms with Crippen LogP contribution >= 0.6 is 31.9 Å². The maximum Gasteiger partial charge on any atom is 0.0924 e. The molecule has 60 valence electrons. The molecule has 0 saturated carbocycles. The van der Waals surface area contributed by atoms with E-state index >= 15 is 0 Å². The fraction of sp³-hybridized carbons (Fsp3) is 0.500. The van der Waals surface area contributed by atoms with Crippen LogP contribution < -0.4 is 0 Å². The van der Waals surface area contributed by atoms with Crippen molar-refractivity contribution in [3.8, 4) is 0 Å². The summed E-state index contributed by atoms with van der Waals surface area (Å²) in [5.41, 5.74) is 0. The minimum atomic E-state index is 0.221. The highest BCUT2D eigenvalue weighted by molar-refractivity contribution is 9.10. The topological polar surface area (TPSA) is 9.23 Å². The van der Waals surface area contributed by atoms with Crippen LogP contribution in [0.4, 0.5) is 0 Å². The van der Waals surface area contributed by atoms with Gasteiger partial charge in [-0.05, 0) is 0 Å². The van der Waals surface area contributed by atoms with Gasteiger partial charge in [0.05, 0.1) is 21.9 Å². The van der Waals surface area contributed by atoms with Crippen LogP contribution in [0.1, 0.15) is 0 Å². The predicted octanol–water partition coefficient (Wildman–Crippen LogP) is 2.41. The van der Waals surface area contributed by atoms with Gasteiger partial charge in [-0.3, -0.25) is 0 Å². The highest BCUT2D eigenvalue weighted by Crippen LogP contribution is 2.29. The fourth-order valence-corrected chi connectivity index (χ4v) is 2.24. The maximum atomic E-state index is 5.68. The van der Waals surface area contributed by atoms with Gasteiger partial charge in [0.15, 0.2) is 0 Å². The lowest BCUT2D eigenvalue weighted by Gasteiger charge is -2.33. The molecule has 3 heteroatoms. The van der Waals surface area contributed by atoms with Gasteiger partial charge >= 0.3 is 0 Å². The summed E-state index contributed by atoms with van der Waals surface area (Å²) in [5.74, 6) is 0. The molecule has 0 saturated heterocycles. The lowest BCUT2D eigenvalue weighted by molar-refractivity contribution is 0.0355. The van der Waals surface area contributed by atoms with Crippen molar-refractivity contribution in [3.63, 3.8) is 0 Å². The third kappa shape index (κ3) is 1.46. The normalized spacial score (nSPS) is 47.8. The average molecular weight is 280 g/mol. The quantitative estimate of drug-likeness (QED) is 0.489. The average Bonchev–Trinajstić information content (AvgIpc) is 2.02. The van der Waals surface area contributed by atoms with Crippen molar-refractivity contribution >= 4 is 31.9 Å². The van der Waals surface area contributed by atoms with Crippen LogP contribution in [0, 0.1) is 0 Å². The monoisotopic (exact) mass is 278 g/mol. The number of rotatable bonds is 0. The van der Waals surface area contributed by atoms with E-state index in [1.165, 1.54) is 0 Å². The Kier molecular flexibility index (Phi) is 2.21. The predicted molar refractivity (Wildman–Crippen MR) is 52.4 cm³/mol. The molecule has 0 N–H and O–H groups in total. The van der Waals surface area contributed by atoms with E-state index in [1.807, 2.05) is 0 Å². The highest BCUT2D eigenvalue weighted by atomic mass is 79.9. The van der Waals surface area contributed by atoms with E-state index in [0.29, 0.717) is 9.65 Å². The Morgan fingerprint density at radius 2 is 1.27 bits per heavy atom. The lowest BCUT2D eigenvalue weighted by Crippen LogP contribution is -2.37. The zero-order valence-corrected chi connectivity index (χ0v) is 8.95. The zero-order chi connectivity index (χ0) is 7.84. The van der Waals surface area contributed by atoms with E-state index in [0.717, 1.165) is 0 Å². The molecule has 2 rings (SSSR count). The number of alkyl halides is 2. The fourth-order valence-electron chi connectivity index (χ4n) is 1.28. The molecule has 1 nitrogen and oxygen atoms in total. The number of halogens is 2. The molecule has 0 aliphatic carbocycles. The third-order valence-corrected chi connectivity index (χ3v) is 3.56. The molecule has 0 fully saturated rings. The van der Waals surface area contributed by atoms with Gasteiger partial charge in [-0.2, -0.15) is 0 Å². The lowest BCUT2D eigenvalue weighted by atomic mass is 10.0. The van der Waals surface area contributed by atoms with Crippen LogP contribution in [-0.4, -0.2) is 21.9 Å². The summed E-state index contributed by atoms with van der Waals surface area (Å²) in [7, 11) is 0. The number of hydrogen-bond donors (Lipinski definition) is 0. The van der Waals surface area contributed by atoms with Gasteiger partial charge < -0.3 is 4.74 Å². The first kappa shape index (κ1) is 8.02. The summed E-state index contributed by atoms with van der Waals surface area (Å²) in [4.78, 5) is 0.685. The molecule has 2 bridgehead atoms. The molecule has 2 aliphatic rings. The van der Waals surface area contributed by atoms with Gasteiger partial charge in [-0.25, -0.2) is 0 Å². The maximum absolute atomic E-state index is 5.68. The van der Waals surface area contributed by atoms with Crippen LogP contribution in [0.5, 0.6) is 0 Å². The molecular weight excluding hydrogens is 272 g/mol. The molecule has 0 unspecified atom stereocenters. The van der Waals surface area contributed by atoms with Gasteiger partial charge in [-0.15, -0.1) is 0 Å². The van der Waals surface area contributed by atoms with Crippen LogP contribution in [0.3, 0.4) is 0 Å². The first-order valence-electron chi connectivity index (χ1n) is 3.57. The minimum Gasteiger partial charge on any atom is -0.364 e. The zero-order valence-electron chi connectivity index (χ0n) is 5.78. The summed E-state index contributed by atoms with van der Waals surface area (Å²) in [6.07, 6.45) is 8.93. The molecule has 2 aliphatic heterocycles. The molecule has 4 atom stereocenters. The Morgan fingerprint density at radius 1 is 0.818 bits per heavy atom. The largest absolute Gasteiger partial charge is 0.364 e. The second kappa shape index (κ2) is 3.04. The molecule has 0 amide bonds. The van der Waals surface area contributed by atoms with Crippen molar-refractivity contribution in [2.45, 2.75) is 21.9 Å². The molecule has 0 spiro atoms. The molecule has 0 radical (unpaired) electrons. The molecule has 0 aromatic heterocycles. The first-order valence-corrected chi connectivity index (χ1v) is 5.41. The smallest absolute Gasteiger partial charge is 0.0924 e. The van der Waals surface area contributed by atoms with Gasteiger partial charge in [0, 0.05) is 0 Å². The SMILES string of the molecule is Br[C@@H]1C=C[C@@H]2O[C@H]1C=C[C@H]2Br. The second-order valence-electron chi connectivity index (χ2n) is 2.72. The van der Waals surface area contributed by atoms with Gasteiger partial charge in [0.1, 0.15) is 0 Å². The molecule has 0 aromatic carbocycles. The van der Waals surface area contributed by atoms with E-state index in [4.69, 9.17) is 4.74 Å². The number of ether oxygens (including phenoxy) is 1. The Morgan fingerprint density at radius 3 is 1.73 bits per heavy atom. The van der Waals surface area contributed by atoms with E-state index in [1.54, 1.807) is 0 Å². The summed E-state index contributed by atoms with van der Waals surface area (Å²) < 4.78 is 5.68. The van der Waals surface area contributed by atoms with Crippen molar-refractivity contribution in [2.24, 2.45) is 0 Å². The van der Waals surface area contributed by atoms with E-state index in [-0.39, 0.29) is 12.2 Å². The summed E-state index contributed by atoms with van der Waals surface area (Å²) in [6, 6.07) is 0. The first-order chi connectivity index (χ1) is 5.27. The van der Waals surface area contributed by atoms with Crippen LogP contribution in [0.2, 0.25) is 0 Å². The van der Waals surface area contributed by atoms with E-state index in [2.05, 4.69) is 56.2 Å². The Balaban J connectivity index is 2.24. The van der Waals surface area contributed by atoms with Gasteiger partial charge in [0.25, 0.3) is 0 Å². The van der Waals surface area contributed by atoms with Crippen LogP contribution in [-0.2, 0) is 4.74 Å². The van der Waals surface area contributed by atoms with Crippen LogP contribution in [0.15, 0.2) is 24.3 Å². The van der Waals surface area contributed by atoms with E-state index in [9.17, 15) is 0 Å². The van der Waals surface area contributed by atoms with Gasteiger partial charge in [-0.1, -0.05) is 56.2 Å². The summed E-state index contributed by atoms with van der Waals surface area (Å²) in [5, 5.41) is 0. The number of fused-ring (bicyclic) bond motifs is 2. The molecule has 2 heterocycles. The summed E-state index contributed by atoms with van der Waals surface area (Å²) in [6.45, 7) is 0. The second-order valence-corrected chi connectivity index (χ2v) is 4.84. The van der Waals surface area contributed by atoms with E-state index < -0.39 is 0 Å². The van der Waals surface area contributed by atoms with Gasteiger partial charge in [0.2, 0.25) is 0 Å². The van der Waals surface area contributed by atoms with Crippen molar-refractivity contribution in [3.05, 3.63) is 24.3 Å². The van der Waals surface area contributed by atoms with Crippen molar-refractivity contribution in [1.29, 1.82) is 0 Å². The Labute approximate surface area is 82.8 Å². The standard InChI is InChI=1S/C8H8Br2O/c9-5-1-3-7-6(10)2-4-8(5)11-7/h1-8H/t5-,6-,7+,8+/m1/s1. The minimum absolute atomic E-state index is 0.221. The molecule has 0 aromatic rings. The Bertz CT molecular complexity index is 190. The number of hydrogen-bond acceptors (Lipinski definition) is 1.